The van der Waals surface area contributed by atoms with Gasteiger partial charge >= 0.3 is 0 Å². The van der Waals surface area contributed by atoms with Crippen molar-refractivity contribution in [2.24, 2.45) is 0 Å². The maximum absolute atomic E-state index is 13.2. The van der Waals surface area contributed by atoms with Gasteiger partial charge in [-0.15, -0.1) is 0 Å². The van der Waals surface area contributed by atoms with Gasteiger partial charge in [0, 0.05) is 11.6 Å². The number of hydrogen-bond acceptors (Lipinski definition) is 2. The molecule has 0 saturated carbocycles. The van der Waals surface area contributed by atoms with Gasteiger partial charge in [-0.25, -0.2) is 9.07 Å². The summed E-state index contributed by atoms with van der Waals surface area (Å²) in [5.41, 5.74) is 1.99. The Bertz CT molecular complexity index is 1100. The SMILES string of the molecule is Cc1cc(NC(=O)c2ccc3ccccc3c2)n(-c2ccc(F)cc2)n1. The van der Waals surface area contributed by atoms with Crippen LogP contribution in [0.3, 0.4) is 0 Å². The maximum Gasteiger partial charge on any atom is 0.256 e. The minimum Gasteiger partial charge on any atom is -0.306 e. The van der Waals surface area contributed by atoms with E-state index in [9.17, 15) is 9.18 Å². The molecule has 4 aromatic rings. The van der Waals surface area contributed by atoms with E-state index in [1.165, 1.54) is 12.1 Å². The second-order valence-corrected chi connectivity index (χ2v) is 6.08. The molecule has 0 aliphatic heterocycles. The standard InChI is InChI=1S/C21H16FN3O/c1-14-12-20(25(24-14)19-10-8-18(22)9-11-19)23-21(26)17-7-6-15-4-2-3-5-16(15)13-17/h2-13H,1H3,(H,23,26). The van der Waals surface area contributed by atoms with E-state index in [2.05, 4.69) is 10.4 Å². The Hall–Kier alpha value is -3.47. The number of halogens is 1. The van der Waals surface area contributed by atoms with Gasteiger partial charge in [0.25, 0.3) is 5.91 Å². The molecule has 0 unspecified atom stereocenters. The van der Waals surface area contributed by atoms with Crippen LogP contribution in [0, 0.1) is 12.7 Å². The molecule has 1 amide bonds. The van der Waals surface area contributed by atoms with Crippen molar-refractivity contribution in [2.75, 3.05) is 5.32 Å². The predicted octanol–water partition coefficient (Wildman–Crippen LogP) is 4.73. The molecule has 0 saturated heterocycles. The Kier molecular flexibility index (Phi) is 3.97. The molecule has 1 heterocycles. The minimum atomic E-state index is -0.320. The van der Waals surface area contributed by atoms with Crippen LogP contribution in [0.5, 0.6) is 0 Å². The van der Waals surface area contributed by atoms with Gasteiger partial charge in [-0.1, -0.05) is 30.3 Å². The Balaban J connectivity index is 1.66. The van der Waals surface area contributed by atoms with E-state index in [0.29, 0.717) is 17.1 Å². The fourth-order valence-corrected chi connectivity index (χ4v) is 2.89. The molecule has 0 spiro atoms. The molecule has 0 fully saturated rings. The molecule has 0 bridgehead atoms. The molecule has 3 aromatic carbocycles. The van der Waals surface area contributed by atoms with Crippen molar-refractivity contribution in [3.8, 4) is 5.69 Å². The van der Waals surface area contributed by atoms with Crippen LogP contribution in [0.2, 0.25) is 0 Å². The molecule has 0 radical (unpaired) electrons. The van der Waals surface area contributed by atoms with Crippen LogP contribution in [0.25, 0.3) is 16.5 Å². The van der Waals surface area contributed by atoms with Crippen LogP contribution in [0.4, 0.5) is 10.2 Å². The predicted molar refractivity (Wildman–Crippen MR) is 100 cm³/mol. The second-order valence-electron chi connectivity index (χ2n) is 6.08. The highest BCUT2D eigenvalue weighted by Gasteiger charge is 2.13. The summed E-state index contributed by atoms with van der Waals surface area (Å²) in [5.74, 6) is -0.00865. The van der Waals surface area contributed by atoms with Gasteiger partial charge in [0.1, 0.15) is 11.6 Å². The average molecular weight is 345 g/mol. The average Bonchev–Trinajstić information content (AvgIpc) is 3.02. The van der Waals surface area contributed by atoms with Crippen molar-refractivity contribution in [3.05, 3.63) is 89.9 Å². The Morgan fingerprint density at radius 3 is 2.46 bits per heavy atom. The molecule has 1 N–H and O–H groups in total. The number of amides is 1. The highest BCUT2D eigenvalue weighted by atomic mass is 19.1. The van der Waals surface area contributed by atoms with Gasteiger partial charge in [0.15, 0.2) is 0 Å². The zero-order valence-electron chi connectivity index (χ0n) is 14.1. The van der Waals surface area contributed by atoms with Gasteiger partial charge in [0.05, 0.1) is 11.4 Å². The first-order valence-electron chi connectivity index (χ1n) is 8.23. The summed E-state index contributed by atoms with van der Waals surface area (Å²) in [7, 11) is 0. The molecule has 26 heavy (non-hydrogen) atoms. The largest absolute Gasteiger partial charge is 0.306 e. The molecule has 1 aromatic heterocycles. The number of carbonyl (C=O) groups excluding carboxylic acids is 1. The topological polar surface area (TPSA) is 46.9 Å². The van der Waals surface area contributed by atoms with E-state index >= 15 is 0 Å². The fraction of sp³-hybridized carbons (Fsp3) is 0.0476. The highest BCUT2D eigenvalue weighted by molar-refractivity contribution is 6.06. The fourth-order valence-electron chi connectivity index (χ4n) is 2.89. The van der Waals surface area contributed by atoms with Crippen molar-refractivity contribution in [1.29, 1.82) is 0 Å². The summed E-state index contributed by atoms with van der Waals surface area (Å²) < 4.78 is 14.8. The van der Waals surface area contributed by atoms with Crippen molar-refractivity contribution in [2.45, 2.75) is 6.92 Å². The van der Waals surface area contributed by atoms with Crippen molar-refractivity contribution in [3.63, 3.8) is 0 Å². The van der Waals surface area contributed by atoms with Crippen molar-refractivity contribution < 1.29 is 9.18 Å². The lowest BCUT2D eigenvalue weighted by Crippen LogP contribution is -2.15. The lowest BCUT2D eigenvalue weighted by molar-refractivity contribution is 0.102. The molecular formula is C21H16FN3O. The van der Waals surface area contributed by atoms with Crippen LogP contribution >= 0.6 is 0 Å². The van der Waals surface area contributed by atoms with Crippen LogP contribution in [-0.2, 0) is 0 Å². The molecule has 128 valence electrons. The third kappa shape index (κ3) is 3.07. The lowest BCUT2D eigenvalue weighted by Gasteiger charge is -2.09. The van der Waals surface area contributed by atoms with Gasteiger partial charge in [0.2, 0.25) is 0 Å². The van der Waals surface area contributed by atoms with Crippen LogP contribution in [0.1, 0.15) is 16.1 Å². The lowest BCUT2D eigenvalue weighted by atomic mass is 10.1. The first kappa shape index (κ1) is 16.0. The van der Waals surface area contributed by atoms with Gasteiger partial charge in [-0.05, 0) is 54.1 Å². The Labute approximate surface area is 149 Å². The molecule has 4 rings (SSSR count). The minimum absolute atomic E-state index is 0.223. The number of anilines is 1. The van der Waals surface area contributed by atoms with E-state index in [1.54, 1.807) is 28.9 Å². The van der Waals surface area contributed by atoms with E-state index in [4.69, 9.17) is 0 Å². The summed E-state index contributed by atoms with van der Waals surface area (Å²) in [6.45, 7) is 1.84. The normalized spacial score (nSPS) is 10.8. The first-order valence-corrected chi connectivity index (χ1v) is 8.23. The summed E-state index contributed by atoms with van der Waals surface area (Å²) in [6, 6.07) is 21.2. The van der Waals surface area contributed by atoms with Gasteiger partial charge in [-0.2, -0.15) is 5.10 Å². The third-order valence-electron chi connectivity index (χ3n) is 4.16. The summed E-state index contributed by atoms with van der Waals surface area (Å²) in [4.78, 5) is 12.7. The van der Waals surface area contributed by atoms with E-state index in [-0.39, 0.29) is 11.7 Å². The molecular weight excluding hydrogens is 329 g/mol. The molecule has 4 nitrogen and oxygen atoms in total. The van der Waals surface area contributed by atoms with Gasteiger partial charge < -0.3 is 5.32 Å². The zero-order chi connectivity index (χ0) is 18.1. The molecule has 0 atom stereocenters. The van der Waals surface area contributed by atoms with Crippen molar-refractivity contribution in [1.82, 2.24) is 9.78 Å². The number of nitrogens with one attached hydrogen (secondary N) is 1. The number of aromatic nitrogens is 2. The number of benzene rings is 3. The zero-order valence-corrected chi connectivity index (χ0v) is 14.1. The quantitative estimate of drug-likeness (QED) is 0.584. The van der Waals surface area contributed by atoms with Crippen LogP contribution in [0.15, 0.2) is 72.8 Å². The number of carbonyl (C=O) groups is 1. The highest BCUT2D eigenvalue weighted by Crippen LogP contribution is 2.20. The van der Waals surface area contributed by atoms with E-state index < -0.39 is 0 Å². The van der Waals surface area contributed by atoms with E-state index in [0.717, 1.165) is 16.5 Å². The Morgan fingerprint density at radius 2 is 1.69 bits per heavy atom. The smallest absolute Gasteiger partial charge is 0.256 e. The van der Waals surface area contributed by atoms with Crippen LogP contribution < -0.4 is 5.32 Å². The number of fused-ring (bicyclic) bond motifs is 1. The molecule has 0 aliphatic carbocycles. The number of nitrogens with zero attached hydrogens (tertiary/aromatic N) is 2. The third-order valence-corrected chi connectivity index (χ3v) is 4.16. The molecule has 5 heteroatoms. The van der Waals surface area contributed by atoms with E-state index in [1.807, 2.05) is 43.3 Å². The van der Waals surface area contributed by atoms with Crippen LogP contribution in [-0.4, -0.2) is 15.7 Å². The monoisotopic (exact) mass is 345 g/mol. The Morgan fingerprint density at radius 1 is 0.962 bits per heavy atom. The summed E-state index contributed by atoms with van der Waals surface area (Å²) in [5, 5.41) is 9.36. The summed E-state index contributed by atoms with van der Waals surface area (Å²) in [6.07, 6.45) is 0. The van der Waals surface area contributed by atoms with Crippen molar-refractivity contribution >= 4 is 22.5 Å². The second kappa shape index (κ2) is 6.44. The first-order chi connectivity index (χ1) is 12.6. The maximum atomic E-state index is 13.2. The van der Waals surface area contributed by atoms with Gasteiger partial charge in [-0.3, -0.25) is 4.79 Å². The number of aryl methyl sites for hydroxylation is 1. The number of hydrogen-bond donors (Lipinski definition) is 1. The summed E-state index contributed by atoms with van der Waals surface area (Å²) >= 11 is 0. The number of rotatable bonds is 3. The molecule has 0 aliphatic rings.